The van der Waals surface area contributed by atoms with Gasteiger partial charge in [0.25, 0.3) is 0 Å². The molecule has 1 saturated heterocycles. The highest BCUT2D eigenvalue weighted by Crippen LogP contribution is 2.16. The Morgan fingerprint density at radius 1 is 1.31 bits per heavy atom. The van der Waals surface area contributed by atoms with E-state index in [0.29, 0.717) is 13.0 Å². The van der Waals surface area contributed by atoms with Crippen LogP contribution in [0, 0.1) is 0 Å². The highest BCUT2D eigenvalue weighted by molar-refractivity contribution is 5.82. The fourth-order valence-corrected chi connectivity index (χ4v) is 1.74. The summed E-state index contributed by atoms with van der Waals surface area (Å²) in [6, 6.07) is -0.597. The van der Waals surface area contributed by atoms with Crippen LogP contribution in [0.15, 0.2) is 0 Å². The first-order valence-corrected chi connectivity index (χ1v) is 4.63. The number of carboxylic acid groups (broad SMARTS) is 1. The summed E-state index contributed by atoms with van der Waals surface area (Å²) in [4.78, 5) is 23.4. The number of aliphatic carboxylic acids is 1. The topological polar surface area (TPSA) is 57.6 Å². The molecule has 0 saturated carbocycles. The minimum absolute atomic E-state index is 0.130. The van der Waals surface area contributed by atoms with Crippen molar-refractivity contribution in [1.82, 2.24) is 4.90 Å². The molecule has 0 bridgehead atoms. The number of carbonyl (C=O) groups excluding carboxylic acids is 1. The van der Waals surface area contributed by atoms with Gasteiger partial charge in [-0.1, -0.05) is 12.8 Å². The molecule has 0 spiro atoms. The van der Waals surface area contributed by atoms with Gasteiger partial charge >= 0.3 is 5.97 Å². The van der Waals surface area contributed by atoms with Crippen LogP contribution in [0.2, 0.25) is 0 Å². The lowest BCUT2D eigenvalue weighted by molar-refractivity contribution is -0.149. The molecule has 1 aliphatic rings. The predicted molar refractivity (Wildman–Crippen MR) is 47.3 cm³/mol. The summed E-state index contributed by atoms with van der Waals surface area (Å²) in [5.74, 6) is -1.01. The first-order chi connectivity index (χ1) is 6.13. The van der Waals surface area contributed by atoms with Crippen LogP contribution >= 0.6 is 0 Å². The Morgan fingerprint density at radius 2 is 2.00 bits per heavy atom. The Hall–Kier alpha value is -1.06. The van der Waals surface area contributed by atoms with Gasteiger partial charge in [0, 0.05) is 13.5 Å². The molecule has 1 aliphatic heterocycles. The van der Waals surface area contributed by atoms with E-state index in [4.69, 9.17) is 5.11 Å². The molecule has 1 heterocycles. The maximum Gasteiger partial charge on any atom is 0.326 e. The summed E-state index contributed by atoms with van der Waals surface area (Å²) in [6.07, 6.45) is 3.44. The average Bonchev–Trinajstić information content (AvgIpc) is 2.27. The highest BCUT2D eigenvalue weighted by Gasteiger charge is 2.28. The summed E-state index contributed by atoms with van der Waals surface area (Å²) >= 11 is 0. The Kier molecular flexibility index (Phi) is 3.28. The molecule has 1 rings (SSSR count). The number of amides is 1. The van der Waals surface area contributed by atoms with Gasteiger partial charge in [0.15, 0.2) is 0 Å². The van der Waals surface area contributed by atoms with Gasteiger partial charge < -0.3 is 10.0 Å². The zero-order valence-electron chi connectivity index (χ0n) is 7.82. The summed E-state index contributed by atoms with van der Waals surface area (Å²) in [6.45, 7) is 2.02. The lowest BCUT2D eigenvalue weighted by Gasteiger charge is -2.25. The maximum absolute atomic E-state index is 11.1. The zero-order chi connectivity index (χ0) is 9.84. The van der Waals surface area contributed by atoms with Crippen LogP contribution in [0.4, 0.5) is 0 Å². The molecule has 0 aliphatic carbocycles. The monoisotopic (exact) mass is 185 g/mol. The number of rotatable bonds is 1. The molecular formula is C9H15NO3. The van der Waals surface area contributed by atoms with E-state index in [2.05, 4.69) is 0 Å². The second kappa shape index (κ2) is 4.25. The summed E-state index contributed by atoms with van der Waals surface area (Å²) < 4.78 is 0. The van der Waals surface area contributed by atoms with E-state index in [1.165, 1.54) is 11.8 Å². The van der Waals surface area contributed by atoms with Crippen molar-refractivity contribution >= 4 is 11.9 Å². The van der Waals surface area contributed by atoms with Crippen LogP contribution in [-0.2, 0) is 9.59 Å². The molecule has 0 aromatic carbocycles. The number of carbonyl (C=O) groups is 2. The third kappa shape index (κ3) is 2.44. The molecule has 1 fully saturated rings. The highest BCUT2D eigenvalue weighted by atomic mass is 16.4. The molecule has 74 valence electrons. The predicted octanol–water partition coefficient (Wildman–Crippen LogP) is 0.862. The van der Waals surface area contributed by atoms with E-state index in [0.717, 1.165) is 19.3 Å². The summed E-state index contributed by atoms with van der Waals surface area (Å²) in [7, 11) is 0. The van der Waals surface area contributed by atoms with Gasteiger partial charge in [-0.25, -0.2) is 4.79 Å². The summed E-state index contributed by atoms with van der Waals surface area (Å²) in [5.41, 5.74) is 0. The normalized spacial score (nSPS) is 23.8. The molecule has 4 heteroatoms. The van der Waals surface area contributed by atoms with Gasteiger partial charge in [-0.05, 0) is 12.8 Å². The van der Waals surface area contributed by atoms with E-state index in [-0.39, 0.29) is 5.91 Å². The van der Waals surface area contributed by atoms with E-state index in [9.17, 15) is 9.59 Å². The fourth-order valence-electron chi connectivity index (χ4n) is 1.74. The Bertz CT molecular complexity index is 193. The minimum Gasteiger partial charge on any atom is -0.480 e. The van der Waals surface area contributed by atoms with Crippen LogP contribution in [-0.4, -0.2) is 34.5 Å². The molecule has 1 amide bonds. The van der Waals surface area contributed by atoms with Gasteiger partial charge in [0.2, 0.25) is 5.91 Å². The van der Waals surface area contributed by atoms with Crippen LogP contribution in [0.25, 0.3) is 0 Å². The van der Waals surface area contributed by atoms with Crippen molar-refractivity contribution in [3.8, 4) is 0 Å². The number of hydrogen-bond acceptors (Lipinski definition) is 2. The number of hydrogen-bond donors (Lipinski definition) is 1. The van der Waals surface area contributed by atoms with Gasteiger partial charge in [0.1, 0.15) is 6.04 Å². The molecule has 1 N–H and O–H groups in total. The van der Waals surface area contributed by atoms with Gasteiger partial charge in [-0.15, -0.1) is 0 Å². The van der Waals surface area contributed by atoms with Crippen molar-refractivity contribution in [1.29, 1.82) is 0 Å². The van der Waals surface area contributed by atoms with Crippen molar-refractivity contribution in [2.24, 2.45) is 0 Å². The first-order valence-electron chi connectivity index (χ1n) is 4.63. The average molecular weight is 185 g/mol. The second-order valence-corrected chi connectivity index (χ2v) is 3.42. The third-order valence-corrected chi connectivity index (χ3v) is 2.44. The third-order valence-electron chi connectivity index (χ3n) is 2.44. The van der Waals surface area contributed by atoms with Gasteiger partial charge in [0.05, 0.1) is 0 Å². The zero-order valence-corrected chi connectivity index (χ0v) is 7.82. The molecule has 1 unspecified atom stereocenters. The van der Waals surface area contributed by atoms with Crippen molar-refractivity contribution < 1.29 is 14.7 Å². The second-order valence-electron chi connectivity index (χ2n) is 3.42. The van der Waals surface area contributed by atoms with Gasteiger partial charge in [-0.3, -0.25) is 4.79 Å². The maximum atomic E-state index is 11.1. The Labute approximate surface area is 77.5 Å². The van der Waals surface area contributed by atoms with E-state index < -0.39 is 12.0 Å². The van der Waals surface area contributed by atoms with Crippen LogP contribution in [0.1, 0.15) is 32.6 Å². The molecule has 1 atom stereocenters. The Balaban J connectivity index is 2.72. The van der Waals surface area contributed by atoms with Crippen molar-refractivity contribution in [3.63, 3.8) is 0 Å². The lowest BCUT2D eigenvalue weighted by Crippen LogP contribution is -2.43. The van der Waals surface area contributed by atoms with E-state index in [1.54, 1.807) is 0 Å². The van der Waals surface area contributed by atoms with Crippen molar-refractivity contribution in [2.75, 3.05) is 6.54 Å². The smallest absolute Gasteiger partial charge is 0.326 e. The first kappa shape index (κ1) is 10.0. The quantitative estimate of drug-likeness (QED) is 0.659. The Morgan fingerprint density at radius 3 is 2.54 bits per heavy atom. The van der Waals surface area contributed by atoms with Crippen molar-refractivity contribution in [3.05, 3.63) is 0 Å². The number of likely N-dealkylation sites (tertiary alicyclic amines) is 1. The fraction of sp³-hybridized carbons (Fsp3) is 0.778. The lowest BCUT2D eigenvalue weighted by atomic mass is 10.1. The SMILES string of the molecule is CC(=O)N1CCCCCC1C(=O)O. The van der Waals surface area contributed by atoms with Crippen LogP contribution < -0.4 is 0 Å². The van der Waals surface area contributed by atoms with E-state index >= 15 is 0 Å². The standard InChI is InChI=1S/C9H15NO3/c1-7(11)10-6-4-2-3-5-8(10)9(12)13/h8H,2-6H2,1H3,(H,12,13). The van der Waals surface area contributed by atoms with Crippen molar-refractivity contribution in [2.45, 2.75) is 38.6 Å². The molecule has 13 heavy (non-hydrogen) atoms. The van der Waals surface area contributed by atoms with Gasteiger partial charge in [-0.2, -0.15) is 0 Å². The van der Waals surface area contributed by atoms with Crippen LogP contribution in [0.5, 0.6) is 0 Å². The van der Waals surface area contributed by atoms with Crippen LogP contribution in [0.3, 0.4) is 0 Å². The number of nitrogens with zero attached hydrogens (tertiary/aromatic N) is 1. The largest absolute Gasteiger partial charge is 0.480 e. The molecule has 4 nitrogen and oxygen atoms in total. The van der Waals surface area contributed by atoms with E-state index in [1.807, 2.05) is 0 Å². The molecule has 0 aromatic heterocycles. The summed E-state index contributed by atoms with van der Waals surface area (Å²) in [5, 5.41) is 8.89. The molecular weight excluding hydrogens is 170 g/mol. The molecule has 0 radical (unpaired) electrons. The minimum atomic E-state index is -0.878. The number of carboxylic acids is 1. The molecule has 0 aromatic rings.